The molecule has 18 heavy (non-hydrogen) atoms. The second-order valence-electron chi connectivity index (χ2n) is 3.90. The first-order chi connectivity index (χ1) is 8.83. The molecule has 0 aliphatic heterocycles. The second-order valence-corrected chi connectivity index (χ2v) is 4.29. The summed E-state index contributed by atoms with van der Waals surface area (Å²) < 4.78 is 1.68. The van der Waals surface area contributed by atoms with Gasteiger partial charge in [0.1, 0.15) is 5.15 Å². The summed E-state index contributed by atoms with van der Waals surface area (Å²) in [7, 11) is 0. The normalized spacial score (nSPS) is 10.9. The Morgan fingerprint density at radius 2 is 2.06 bits per heavy atom. The molecule has 0 N–H and O–H groups in total. The van der Waals surface area contributed by atoms with Crippen LogP contribution in [0.25, 0.3) is 5.65 Å². The van der Waals surface area contributed by atoms with Crippen LogP contribution in [0.4, 0.5) is 0 Å². The minimum Gasteiger partial charge on any atom is -0.264 e. The monoisotopic (exact) mass is 259 g/mol. The third-order valence-corrected chi connectivity index (χ3v) is 2.86. The highest BCUT2D eigenvalue weighted by atomic mass is 35.5. The van der Waals surface area contributed by atoms with E-state index >= 15 is 0 Å². The number of rotatable bonds is 3. The lowest BCUT2D eigenvalue weighted by Crippen LogP contribution is -2.01. The maximum absolute atomic E-state index is 5.87. The Hall–Kier alpha value is -2.01. The third-order valence-electron chi connectivity index (χ3n) is 2.65. The summed E-state index contributed by atoms with van der Waals surface area (Å²) in [6.07, 6.45) is 5.21. The molecule has 0 unspecified atom stereocenters. The van der Waals surface area contributed by atoms with Gasteiger partial charge < -0.3 is 0 Å². The highest BCUT2D eigenvalue weighted by molar-refractivity contribution is 6.29. The molecular formula is C12H10ClN5. The molecule has 3 aromatic rings. The SMILES string of the molecule is Clc1ccc2nnc(CCc3cccnc3)n2n1. The van der Waals surface area contributed by atoms with Gasteiger partial charge in [0.15, 0.2) is 11.5 Å². The fourth-order valence-corrected chi connectivity index (χ4v) is 1.91. The van der Waals surface area contributed by atoms with Crippen molar-refractivity contribution in [3.8, 4) is 0 Å². The zero-order valence-corrected chi connectivity index (χ0v) is 10.2. The maximum atomic E-state index is 5.87. The van der Waals surface area contributed by atoms with Crippen molar-refractivity contribution >= 4 is 17.2 Å². The van der Waals surface area contributed by atoms with Gasteiger partial charge in [-0.05, 0) is 30.2 Å². The molecule has 0 amide bonds. The highest BCUT2D eigenvalue weighted by Crippen LogP contribution is 2.09. The van der Waals surface area contributed by atoms with E-state index in [-0.39, 0.29) is 0 Å². The summed E-state index contributed by atoms with van der Waals surface area (Å²) >= 11 is 5.87. The number of aryl methyl sites for hydroxylation is 2. The highest BCUT2D eigenvalue weighted by Gasteiger charge is 2.07. The Labute approximate surface area is 108 Å². The van der Waals surface area contributed by atoms with E-state index in [0.29, 0.717) is 10.8 Å². The van der Waals surface area contributed by atoms with Crippen LogP contribution in [0.1, 0.15) is 11.4 Å². The Bertz CT molecular complexity index is 665. The van der Waals surface area contributed by atoms with Crippen molar-refractivity contribution in [2.45, 2.75) is 12.8 Å². The van der Waals surface area contributed by atoms with Crippen LogP contribution < -0.4 is 0 Å². The number of pyridine rings is 1. The molecule has 3 aromatic heterocycles. The van der Waals surface area contributed by atoms with E-state index in [9.17, 15) is 0 Å². The van der Waals surface area contributed by atoms with Gasteiger partial charge >= 0.3 is 0 Å². The molecule has 0 radical (unpaired) electrons. The Morgan fingerprint density at radius 3 is 2.89 bits per heavy atom. The zero-order chi connectivity index (χ0) is 12.4. The predicted molar refractivity (Wildman–Crippen MR) is 67.4 cm³/mol. The van der Waals surface area contributed by atoms with E-state index in [0.717, 1.165) is 24.2 Å². The molecule has 0 spiro atoms. The van der Waals surface area contributed by atoms with E-state index in [2.05, 4.69) is 20.3 Å². The van der Waals surface area contributed by atoms with Crippen LogP contribution in [0.15, 0.2) is 36.7 Å². The van der Waals surface area contributed by atoms with Crippen molar-refractivity contribution in [3.63, 3.8) is 0 Å². The van der Waals surface area contributed by atoms with E-state index < -0.39 is 0 Å². The molecule has 90 valence electrons. The predicted octanol–water partition coefficient (Wildman–Crippen LogP) is 1.96. The molecule has 0 fully saturated rings. The number of halogens is 1. The van der Waals surface area contributed by atoms with Crippen molar-refractivity contribution < 1.29 is 0 Å². The van der Waals surface area contributed by atoms with Crippen LogP contribution in [-0.4, -0.2) is 24.8 Å². The number of hydrogen-bond donors (Lipinski definition) is 0. The van der Waals surface area contributed by atoms with Crippen molar-refractivity contribution in [2.24, 2.45) is 0 Å². The maximum Gasteiger partial charge on any atom is 0.178 e. The number of aromatic nitrogens is 5. The lowest BCUT2D eigenvalue weighted by molar-refractivity contribution is 0.782. The van der Waals surface area contributed by atoms with Gasteiger partial charge in [-0.2, -0.15) is 9.61 Å². The van der Waals surface area contributed by atoms with Crippen LogP contribution in [-0.2, 0) is 12.8 Å². The van der Waals surface area contributed by atoms with Crippen molar-refractivity contribution in [1.82, 2.24) is 24.8 Å². The van der Waals surface area contributed by atoms with E-state index in [4.69, 9.17) is 11.6 Å². The molecule has 6 heteroatoms. The molecule has 0 aliphatic rings. The molecule has 0 bridgehead atoms. The Kier molecular flexibility index (Phi) is 2.90. The molecule has 0 saturated heterocycles. The number of nitrogens with zero attached hydrogens (tertiary/aromatic N) is 5. The standard InChI is InChI=1S/C12H10ClN5/c13-10-4-6-12-16-15-11(18(12)17-10)5-3-9-2-1-7-14-8-9/h1-2,4,6-8H,3,5H2. The van der Waals surface area contributed by atoms with E-state index in [1.54, 1.807) is 22.8 Å². The Balaban J connectivity index is 1.85. The first-order valence-corrected chi connectivity index (χ1v) is 5.96. The summed E-state index contributed by atoms with van der Waals surface area (Å²) in [5.74, 6) is 0.802. The van der Waals surface area contributed by atoms with Gasteiger partial charge in [-0.25, -0.2) is 0 Å². The van der Waals surface area contributed by atoms with E-state index in [1.165, 1.54) is 0 Å². The van der Waals surface area contributed by atoms with Gasteiger partial charge in [-0.1, -0.05) is 17.7 Å². The van der Waals surface area contributed by atoms with Crippen LogP contribution in [0.5, 0.6) is 0 Å². The van der Waals surface area contributed by atoms with Gasteiger partial charge in [0.05, 0.1) is 0 Å². The van der Waals surface area contributed by atoms with Gasteiger partial charge in [0, 0.05) is 18.8 Å². The zero-order valence-electron chi connectivity index (χ0n) is 9.49. The van der Waals surface area contributed by atoms with E-state index in [1.807, 2.05) is 18.3 Å². The topological polar surface area (TPSA) is 56.0 Å². The smallest absolute Gasteiger partial charge is 0.178 e. The second kappa shape index (κ2) is 4.70. The summed E-state index contributed by atoms with van der Waals surface area (Å²) in [6.45, 7) is 0. The average molecular weight is 260 g/mol. The molecule has 0 saturated carbocycles. The first-order valence-electron chi connectivity index (χ1n) is 5.59. The largest absolute Gasteiger partial charge is 0.264 e. The number of fused-ring (bicyclic) bond motifs is 1. The van der Waals surface area contributed by atoms with Crippen LogP contribution in [0, 0.1) is 0 Å². The first kappa shape index (κ1) is 11.1. The van der Waals surface area contributed by atoms with Gasteiger partial charge in [-0.15, -0.1) is 10.2 Å². The fourth-order valence-electron chi connectivity index (χ4n) is 1.77. The van der Waals surface area contributed by atoms with Crippen molar-refractivity contribution in [3.05, 3.63) is 53.2 Å². The van der Waals surface area contributed by atoms with Gasteiger partial charge in [0.25, 0.3) is 0 Å². The lowest BCUT2D eigenvalue weighted by atomic mass is 10.1. The minimum absolute atomic E-state index is 0.435. The molecule has 0 aromatic carbocycles. The summed E-state index contributed by atoms with van der Waals surface area (Å²) in [6, 6.07) is 7.47. The lowest BCUT2D eigenvalue weighted by Gasteiger charge is -1.99. The van der Waals surface area contributed by atoms with Crippen molar-refractivity contribution in [1.29, 1.82) is 0 Å². The molecule has 3 rings (SSSR count). The van der Waals surface area contributed by atoms with Crippen molar-refractivity contribution in [2.75, 3.05) is 0 Å². The molecule has 0 atom stereocenters. The third kappa shape index (κ3) is 2.17. The van der Waals surface area contributed by atoms with Crippen LogP contribution >= 0.6 is 11.6 Å². The summed E-state index contributed by atoms with van der Waals surface area (Å²) in [4.78, 5) is 4.08. The molecule has 3 heterocycles. The number of hydrogen-bond acceptors (Lipinski definition) is 4. The minimum atomic E-state index is 0.435. The van der Waals surface area contributed by atoms with Gasteiger partial charge in [0.2, 0.25) is 0 Å². The molecular weight excluding hydrogens is 250 g/mol. The summed E-state index contributed by atoms with van der Waals surface area (Å²) in [5.41, 5.74) is 1.87. The fraction of sp³-hybridized carbons (Fsp3) is 0.167. The van der Waals surface area contributed by atoms with Crippen LogP contribution in [0.2, 0.25) is 5.15 Å². The molecule has 5 nitrogen and oxygen atoms in total. The quantitative estimate of drug-likeness (QED) is 0.722. The summed E-state index contributed by atoms with van der Waals surface area (Å²) in [5, 5.41) is 12.8. The average Bonchev–Trinajstić information content (AvgIpc) is 2.80. The molecule has 0 aliphatic carbocycles. The van der Waals surface area contributed by atoms with Gasteiger partial charge in [-0.3, -0.25) is 4.98 Å². The van der Waals surface area contributed by atoms with Crippen LogP contribution in [0.3, 0.4) is 0 Å². The Morgan fingerprint density at radius 1 is 1.11 bits per heavy atom.